The molecule has 0 saturated heterocycles. The third-order valence-corrected chi connectivity index (χ3v) is 10.9. The van der Waals surface area contributed by atoms with Gasteiger partial charge in [0.1, 0.15) is 22.7 Å². The molecule has 0 amide bonds. The monoisotopic (exact) mass is 681 g/mol. The van der Waals surface area contributed by atoms with Crippen LogP contribution in [0, 0.1) is 11.7 Å². The first kappa shape index (κ1) is 30.8. The first-order valence-electron chi connectivity index (χ1n) is 17.0. The maximum Gasteiger partial charge on any atom is 0.137 e. The summed E-state index contributed by atoms with van der Waals surface area (Å²) in [5.41, 5.74) is 7.90. The maximum atomic E-state index is 14.3. The van der Waals surface area contributed by atoms with Crippen LogP contribution in [-0.2, 0) is 5.54 Å². The highest BCUT2D eigenvalue weighted by Crippen LogP contribution is 2.46. The molecule has 1 atom stereocenters. The van der Waals surface area contributed by atoms with E-state index in [9.17, 15) is 4.39 Å². The molecule has 51 heavy (non-hydrogen) atoms. The van der Waals surface area contributed by atoms with Crippen molar-refractivity contribution in [2.24, 2.45) is 5.92 Å². The Labute approximate surface area is 299 Å². The summed E-state index contributed by atoms with van der Waals surface area (Å²) in [6.07, 6.45) is 17.7. The van der Waals surface area contributed by atoms with Crippen LogP contribution in [0.15, 0.2) is 176 Å². The lowest BCUT2D eigenvalue weighted by molar-refractivity contribution is 0.293. The summed E-state index contributed by atoms with van der Waals surface area (Å²) in [7, 11) is 0. The standard InChI is InChI=1S/C44H32FN5S/c45-36-22-19-31(20-23-36)43-37(32-21-26-42-47-28-39(49(42)29-32)41-25-24-40(51-41)38-18-10-11-27-46-38)30-50(48-43)44(33-12-4-1-5-13-33,34-14-6-2-7-15-34)35-16-8-3-9-17-35/h1-16,18-30,35H,17H2. The van der Waals surface area contributed by atoms with Crippen LogP contribution in [0.1, 0.15) is 17.5 Å². The van der Waals surface area contributed by atoms with Crippen molar-refractivity contribution in [3.8, 4) is 43.5 Å². The molecule has 1 aliphatic rings. The van der Waals surface area contributed by atoms with Gasteiger partial charge in [0.25, 0.3) is 0 Å². The SMILES string of the molecule is Fc1ccc(-c2nn(C(c3ccccc3)(c3ccccc3)C3C=CC=CC3)cc2-c2ccc3ncc(-c4ccc(-c5ccccn5)s4)n3c2)cc1. The Bertz CT molecular complexity index is 2470. The number of benzene rings is 3. The van der Waals surface area contributed by atoms with E-state index < -0.39 is 5.54 Å². The van der Waals surface area contributed by atoms with E-state index in [-0.39, 0.29) is 11.7 Å². The van der Waals surface area contributed by atoms with Crippen LogP contribution >= 0.6 is 11.3 Å². The fourth-order valence-corrected chi connectivity index (χ4v) is 8.32. The largest absolute Gasteiger partial charge is 0.298 e. The van der Waals surface area contributed by atoms with Gasteiger partial charge in [-0.15, -0.1) is 11.3 Å². The summed E-state index contributed by atoms with van der Waals surface area (Å²) in [4.78, 5) is 11.5. The molecule has 1 unspecified atom stereocenters. The first-order valence-corrected chi connectivity index (χ1v) is 17.8. The third-order valence-electron chi connectivity index (χ3n) is 9.73. The number of imidazole rings is 1. The van der Waals surface area contributed by atoms with Gasteiger partial charge in [0, 0.05) is 41.2 Å². The summed E-state index contributed by atoms with van der Waals surface area (Å²) in [6.45, 7) is 0. The van der Waals surface area contributed by atoms with Crippen molar-refractivity contribution in [3.63, 3.8) is 0 Å². The van der Waals surface area contributed by atoms with Gasteiger partial charge in [-0.05, 0) is 78.2 Å². The molecular weight excluding hydrogens is 650 g/mol. The van der Waals surface area contributed by atoms with Crippen molar-refractivity contribution in [2.45, 2.75) is 12.0 Å². The quantitative estimate of drug-likeness (QED) is 0.160. The summed E-state index contributed by atoms with van der Waals surface area (Å²) >= 11 is 1.69. The van der Waals surface area contributed by atoms with Gasteiger partial charge >= 0.3 is 0 Å². The molecule has 7 heteroatoms. The van der Waals surface area contributed by atoms with E-state index >= 15 is 0 Å². The van der Waals surface area contributed by atoms with Crippen molar-refractivity contribution in [1.29, 1.82) is 0 Å². The number of hydrogen-bond acceptors (Lipinski definition) is 4. The highest BCUT2D eigenvalue weighted by atomic mass is 32.1. The molecule has 5 aromatic heterocycles. The zero-order valence-electron chi connectivity index (χ0n) is 27.5. The van der Waals surface area contributed by atoms with E-state index in [0.29, 0.717) is 0 Å². The van der Waals surface area contributed by atoms with Crippen LogP contribution in [0.5, 0.6) is 0 Å². The Morgan fingerprint density at radius 2 is 1.41 bits per heavy atom. The Hall–Kier alpha value is -6.18. The molecule has 0 spiro atoms. The molecule has 0 N–H and O–H groups in total. The average molecular weight is 682 g/mol. The number of thiophene rings is 1. The second-order valence-electron chi connectivity index (χ2n) is 12.7. The number of pyridine rings is 2. The second kappa shape index (κ2) is 12.9. The van der Waals surface area contributed by atoms with Gasteiger partial charge < -0.3 is 0 Å². The Balaban J connectivity index is 1.26. The number of hydrogen-bond donors (Lipinski definition) is 0. The second-order valence-corrected chi connectivity index (χ2v) is 13.7. The third kappa shape index (κ3) is 5.43. The topological polar surface area (TPSA) is 48.0 Å². The lowest BCUT2D eigenvalue weighted by atomic mass is 9.70. The van der Waals surface area contributed by atoms with Crippen LogP contribution < -0.4 is 0 Å². The van der Waals surface area contributed by atoms with Crippen molar-refractivity contribution < 1.29 is 4.39 Å². The molecule has 9 rings (SSSR count). The van der Waals surface area contributed by atoms with Crippen molar-refractivity contribution in [1.82, 2.24) is 24.1 Å². The van der Waals surface area contributed by atoms with E-state index in [1.165, 1.54) is 12.1 Å². The molecule has 8 aromatic rings. The van der Waals surface area contributed by atoms with Crippen LogP contribution in [0.25, 0.3) is 49.2 Å². The van der Waals surface area contributed by atoms with Crippen LogP contribution in [0.3, 0.4) is 0 Å². The highest BCUT2D eigenvalue weighted by molar-refractivity contribution is 7.18. The molecule has 5 nitrogen and oxygen atoms in total. The van der Waals surface area contributed by atoms with Gasteiger partial charge in [0.2, 0.25) is 0 Å². The van der Waals surface area contributed by atoms with Gasteiger partial charge in [-0.2, -0.15) is 5.10 Å². The number of rotatable bonds is 8. The number of fused-ring (bicyclic) bond motifs is 1. The Morgan fingerprint density at radius 1 is 0.686 bits per heavy atom. The summed E-state index contributed by atoms with van der Waals surface area (Å²) in [5.74, 6) is -0.219. The van der Waals surface area contributed by atoms with Crippen LogP contribution in [-0.4, -0.2) is 24.1 Å². The van der Waals surface area contributed by atoms with Gasteiger partial charge in [-0.3, -0.25) is 14.1 Å². The minimum atomic E-state index is -0.681. The van der Waals surface area contributed by atoms with Gasteiger partial charge in [0.05, 0.1) is 27.3 Å². The molecule has 1 aliphatic carbocycles. The van der Waals surface area contributed by atoms with E-state index in [4.69, 9.17) is 10.1 Å². The zero-order chi connectivity index (χ0) is 34.2. The Kier molecular flexibility index (Phi) is 7.82. The number of allylic oxidation sites excluding steroid dienone is 4. The van der Waals surface area contributed by atoms with E-state index in [1.807, 2.05) is 48.8 Å². The summed E-state index contributed by atoms with van der Waals surface area (Å²) in [6, 6.07) is 42.3. The molecule has 0 radical (unpaired) electrons. The lowest BCUT2D eigenvalue weighted by Crippen LogP contribution is -2.43. The van der Waals surface area contributed by atoms with Crippen LogP contribution in [0.4, 0.5) is 4.39 Å². The fourth-order valence-electron chi connectivity index (χ4n) is 7.33. The van der Waals surface area contributed by atoms with Gasteiger partial charge in [0.15, 0.2) is 0 Å². The lowest BCUT2D eigenvalue weighted by Gasteiger charge is -2.41. The minimum Gasteiger partial charge on any atom is -0.298 e. The minimum absolute atomic E-state index is 0.0657. The normalized spacial score (nSPS) is 14.3. The predicted octanol–water partition coefficient (Wildman–Crippen LogP) is 10.7. The molecule has 246 valence electrons. The molecule has 0 aliphatic heterocycles. The van der Waals surface area contributed by atoms with E-state index in [0.717, 1.165) is 66.7 Å². The fraction of sp³-hybridized carbons (Fsp3) is 0.0682. The number of halogens is 1. The van der Waals surface area contributed by atoms with Gasteiger partial charge in [-0.1, -0.05) is 91.0 Å². The predicted molar refractivity (Wildman–Crippen MR) is 204 cm³/mol. The summed E-state index contributed by atoms with van der Waals surface area (Å²) in [5, 5.41) is 5.48. The highest BCUT2D eigenvalue weighted by Gasteiger charge is 2.44. The first-order chi connectivity index (χ1) is 25.2. The number of nitrogens with zero attached hydrogens (tertiary/aromatic N) is 5. The van der Waals surface area contributed by atoms with Crippen molar-refractivity contribution in [2.75, 3.05) is 0 Å². The molecule has 5 heterocycles. The molecule has 0 fully saturated rings. The van der Waals surface area contributed by atoms with Crippen LogP contribution in [0.2, 0.25) is 0 Å². The molecular formula is C44H32FN5S. The van der Waals surface area contributed by atoms with Crippen molar-refractivity contribution in [3.05, 3.63) is 193 Å². The number of aromatic nitrogens is 5. The molecule has 3 aromatic carbocycles. The summed E-state index contributed by atoms with van der Waals surface area (Å²) < 4.78 is 18.6. The maximum absolute atomic E-state index is 14.3. The smallest absolute Gasteiger partial charge is 0.137 e. The van der Waals surface area contributed by atoms with Crippen molar-refractivity contribution >= 4 is 17.0 Å². The van der Waals surface area contributed by atoms with E-state index in [2.05, 4.69) is 130 Å². The molecule has 0 bridgehead atoms. The Morgan fingerprint density at radius 3 is 2.12 bits per heavy atom. The molecule has 0 saturated carbocycles. The zero-order valence-corrected chi connectivity index (χ0v) is 28.4. The average Bonchev–Trinajstić information content (AvgIpc) is 3.96. The van der Waals surface area contributed by atoms with Gasteiger partial charge in [-0.25, -0.2) is 9.37 Å². The van der Waals surface area contributed by atoms with E-state index in [1.54, 1.807) is 11.3 Å².